The minimum Gasteiger partial charge on any atom is -0.321 e. The van der Waals surface area contributed by atoms with Gasteiger partial charge in [-0.15, -0.1) is 10.2 Å². The number of hydrogen-bond acceptors (Lipinski definition) is 6. The quantitative estimate of drug-likeness (QED) is 0.390. The van der Waals surface area contributed by atoms with Crippen molar-refractivity contribution in [2.45, 2.75) is 38.0 Å². The second-order valence-electron chi connectivity index (χ2n) is 9.66. The third kappa shape index (κ3) is 5.28. The number of fused-ring (bicyclic) bond motifs is 1. The Kier molecular flexibility index (Phi) is 6.15. The van der Waals surface area contributed by atoms with Gasteiger partial charge in [-0.1, -0.05) is 12.1 Å². The molecule has 0 saturated heterocycles. The molecule has 4 heterocycles. The van der Waals surface area contributed by atoms with Crippen molar-refractivity contribution in [3.05, 3.63) is 78.1 Å². The maximum Gasteiger partial charge on any atom is 0.401 e. The number of amides is 1. The Morgan fingerprint density at radius 2 is 1.92 bits per heavy atom. The molecule has 1 aliphatic heterocycles. The average molecular weight is 520 g/mol. The SMILES string of the molecule is O=C(Nc1cccc(-c2nncn2C2CC2)c1)c1cc(-c2cnc3c(c2)CN(CC(F)(F)F)CC3)ccn1. The van der Waals surface area contributed by atoms with Crippen molar-refractivity contribution < 1.29 is 18.0 Å². The fourth-order valence-corrected chi connectivity index (χ4v) is 4.77. The molecule has 1 N–H and O–H groups in total. The number of aromatic nitrogens is 5. The van der Waals surface area contributed by atoms with Gasteiger partial charge in [-0.3, -0.25) is 19.7 Å². The second-order valence-corrected chi connectivity index (χ2v) is 9.66. The van der Waals surface area contributed by atoms with Crippen LogP contribution in [0.2, 0.25) is 0 Å². The number of alkyl halides is 3. The van der Waals surface area contributed by atoms with Crippen LogP contribution in [0.5, 0.6) is 0 Å². The van der Waals surface area contributed by atoms with Gasteiger partial charge in [0.05, 0.1) is 6.54 Å². The first-order chi connectivity index (χ1) is 18.3. The highest BCUT2D eigenvalue weighted by Crippen LogP contribution is 2.37. The van der Waals surface area contributed by atoms with E-state index in [1.54, 1.807) is 30.7 Å². The highest BCUT2D eigenvalue weighted by Gasteiger charge is 2.32. The van der Waals surface area contributed by atoms with Crippen molar-refractivity contribution in [2.24, 2.45) is 0 Å². The number of carbonyl (C=O) groups excluding carboxylic acids is 1. The molecule has 8 nitrogen and oxygen atoms in total. The van der Waals surface area contributed by atoms with Crippen molar-refractivity contribution in [1.82, 2.24) is 29.6 Å². The summed E-state index contributed by atoms with van der Waals surface area (Å²) < 4.78 is 40.7. The van der Waals surface area contributed by atoms with Gasteiger partial charge in [0.1, 0.15) is 12.0 Å². The van der Waals surface area contributed by atoms with Crippen molar-refractivity contribution in [3.8, 4) is 22.5 Å². The molecule has 0 bridgehead atoms. The molecule has 1 fully saturated rings. The molecule has 0 spiro atoms. The Morgan fingerprint density at radius 3 is 2.74 bits per heavy atom. The van der Waals surface area contributed by atoms with Gasteiger partial charge in [-0.05, 0) is 54.3 Å². The lowest BCUT2D eigenvalue weighted by Gasteiger charge is -2.29. The largest absolute Gasteiger partial charge is 0.401 e. The zero-order valence-corrected chi connectivity index (χ0v) is 20.3. The Morgan fingerprint density at radius 1 is 1.05 bits per heavy atom. The number of halogens is 3. The number of benzene rings is 1. The highest BCUT2D eigenvalue weighted by molar-refractivity contribution is 6.03. The van der Waals surface area contributed by atoms with E-state index in [0.29, 0.717) is 30.3 Å². The zero-order valence-electron chi connectivity index (χ0n) is 20.3. The van der Waals surface area contributed by atoms with Crippen molar-refractivity contribution in [1.29, 1.82) is 0 Å². The monoisotopic (exact) mass is 519 g/mol. The van der Waals surface area contributed by atoms with E-state index in [-0.39, 0.29) is 18.1 Å². The number of nitrogens with one attached hydrogen (secondary N) is 1. The number of nitrogens with zero attached hydrogens (tertiary/aromatic N) is 6. The lowest BCUT2D eigenvalue weighted by atomic mass is 10.0. The molecule has 1 aromatic carbocycles. The van der Waals surface area contributed by atoms with Crippen LogP contribution in [0.3, 0.4) is 0 Å². The number of carbonyl (C=O) groups is 1. The summed E-state index contributed by atoms with van der Waals surface area (Å²) >= 11 is 0. The van der Waals surface area contributed by atoms with Crippen molar-refractivity contribution in [3.63, 3.8) is 0 Å². The first kappa shape index (κ1) is 24.2. The number of anilines is 1. The van der Waals surface area contributed by atoms with Crippen LogP contribution in [0.15, 0.2) is 61.2 Å². The van der Waals surface area contributed by atoms with E-state index in [4.69, 9.17) is 0 Å². The van der Waals surface area contributed by atoms with Crippen LogP contribution < -0.4 is 5.32 Å². The highest BCUT2D eigenvalue weighted by atomic mass is 19.4. The molecular weight excluding hydrogens is 495 g/mol. The van der Waals surface area contributed by atoms with Gasteiger partial charge < -0.3 is 9.88 Å². The molecule has 6 rings (SSSR count). The maximum absolute atomic E-state index is 13.1. The molecule has 1 aliphatic carbocycles. The smallest absolute Gasteiger partial charge is 0.321 e. The van der Waals surface area contributed by atoms with Crippen LogP contribution in [0, 0.1) is 0 Å². The van der Waals surface area contributed by atoms with E-state index in [1.165, 1.54) is 11.1 Å². The maximum atomic E-state index is 13.1. The Balaban J connectivity index is 1.19. The summed E-state index contributed by atoms with van der Waals surface area (Å²) in [5, 5.41) is 11.2. The third-order valence-corrected chi connectivity index (χ3v) is 6.74. The predicted molar refractivity (Wildman–Crippen MR) is 134 cm³/mol. The number of pyridine rings is 2. The van der Waals surface area contributed by atoms with E-state index in [1.807, 2.05) is 24.3 Å². The molecule has 4 aromatic rings. The second kappa shape index (κ2) is 9.64. The minimum absolute atomic E-state index is 0.180. The molecule has 0 atom stereocenters. The summed E-state index contributed by atoms with van der Waals surface area (Å²) in [7, 11) is 0. The lowest BCUT2D eigenvalue weighted by Crippen LogP contribution is -2.38. The lowest BCUT2D eigenvalue weighted by molar-refractivity contribution is -0.147. The van der Waals surface area contributed by atoms with Gasteiger partial charge in [0.2, 0.25) is 0 Å². The van der Waals surface area contributed by atoms with Crippen molar-refractivity contribution in [2.75, 3.05) is 18.4 Å². The summed E-state index contributed by atoms with van der Waals surface area (Å²) in [5.41, 5.74) is 4.66. The number of rotatable bonds is 6. The predicted octanol–water partition coefficient (Wildman–Crippen LogP) is 4.91. The molecule has 38 heavy (non-hydrogen) atoms. The first-order valence-corrected chi connectivity index (χ1v) is 12.4. The summed E-state index contributed by atoms with van der Waals surface area (Å²) in [6, 6.07) is 13.1. The van der Waals surface area contributed by atoms with Crippen LogP contribution in [0.25, 0.3) is 22.5 Å². The Hall–Kier alpha value is -4.12. The molecule has 1 saturated carbocycles. The van der Waals surface area contributed by atoms with E-state index < -0.39 is 12.7 Å². The summed E-state index contributed by atoms with van der Waals surface area (Å²) in [4.78, 5) is 23.1. The third-order valence-electron chi connectivity index (χ3n) is 6.74. The summed E-state index contributed by atoms with van der Waals surface area (Å²) in [6.07, 6.45) is 3.39. The Bertz CT molecular complexity index is 1500. The normalized spacial score (nSPS) is 15.8. The minimum atomic E-state index is -4.25. The van der Waals surface area contributed by atoms with Crippen molar-refractivity contribution >= 4 is 11.6 Å². The van der Waals surface area contributed by atoms with E-state index in [0.717, 1.165) is 41.1 Å². The van der Waals surface area contributed by atoms with Gasteiger partial charge in [0.25, 0.3) is 5.91 Å². The molecule has 3 aromatic heterocycles. The number of hydrogen-bond donors (Lipinski definition) is 1. The fraction of sp³-hybridized carbons (Fsp3) is 0.296. The summed E-state index contributed by atoms with van der Waals surface area (Å²) in [5.74, 6) is 0.382. The average Bonchev–Trinajstić information content (AvgIpc) is 3.63. The van der Waals surface area contributed by atoms with Crippen LogP contribution in [-0.2, 0) is 13.0 Å². The van der Waals surface area contributed by atoms with Crippen LogP contribution >= 0.6 is 0 Å². The van der Waals surface area contributed by atoms with Gasteiger partial charge in [0.15, 0.2) is 5.82 Å². The van der Waals surface area contributed by atoms with Gasteiger partial charge in [-0.25, -0.2) is 0 Å². The van der Waals surface area contributed by atoms with E-state index >= 15 is 0 Å². The summed E-state index contributed by atoms with van der Waals surface area (Å²) in [6.45, 7) is -0.450. The molecule has 0 unspecified atom stereocenters. The van der Waals surface area contributed by atoms with E-state index in [2.05, 4.69) is 30.0 Å². The Labute approximate surface area is 216 Å². The van der Waals surface area contributed by atoms with Gasteiger partial charge in [0, 0.05) is 60.5 Å². The molecule has 194 valence electrons. The first-order valence-electron chi connectivity index (χ1n) is 12.4. The zero-order chi connectivity index (χ0) is 26.3. The molecule has 11 heteroatoms. The standard InChI is InChI=1S/C27H24F3N7O/c28-27(29,30)15-36-9-7-23-20(14-36)10-19(13-32-23)17-6-8-31-24(12-17)26(38)34-21-3-1-2-18(11-21)25-35-33-16-37(25)22-4-5-22/h1-3,6,8,10-13,16,22H,4-5,7,9,14-15H2,(H,34,38). The topological polar surface area (TPSA) is 88.8 Å². The van der Waals surface area contributed by atoms with Crippen LogP contribution in [0.4, 0.5) is 18.9 Å². The van der Waals surface area contributed by atoms with Gasteiger partial charge >= 0.3 is 6.18 Å². The van der Waals surface area contributed by atoms with Crippen LogP contribution in [0.1, 0.15) is 40.6 Å². The fourth-order valence-electron chi connectivity index (χ4n) is 4.77. The van der Waals surface area contributed by atoms with Gasteiger partial charge in [-0.2, -0.15) is 13.2 Å². The van der Waals surface area contributed by atoms with Crippen LogP contribution in [-0.4, -0.2) is 54.8 Å². The van der Waals surface area contributed by atoms with E-state index in [9.17, 15) is 18.0 Å². The molecule has 0 radical (unpaired) electrons. The molecular formula is C27H24F3N7O. The molecule has 1 amide bonds. The molecule has 2 aliphatic rings.